The Hall–Kier alpha value is -10.9. The van der Waals surface area contributed by atoms with E-state index in [1.54, 1.807) is 44.5 Å². The van der Waals surface area contributed by atoms with Crippen molar-refractivity contribution in [2.24, 2.45) is 28.2 Å². The normalized spacial score (nSPS) is 14.9. The molecular formula is C109H111N5+4. The highest BCUT2D eigenvalue weighted by Crippen LogP contribution is 2.54. The highest BCUT2D eigenvalue weighted by atomic mass is 15.0. The number of benzene rings is 11. The zero-order chi connectivity index (χ0) is 79.0. The number of nitrogens with zero attached hydrogens (tertiary/aromatic N) is 5. The third-order valence-corrected chi connectivity index (χ3v) is 28.3. The van der Waals surface area contributed by atoms with Crippen molar-refractivity contribution in [1.82, 2.24) is 4.57 Å². The van der Waals surface area contributed by atoms with E-state index < -0.39 is 0 Å². The number of aryl methyl sites for hydroxylation is 15. The van der Waals surface area contributed by atoms with Crippen molar-refractivity contribution in [1.29, 1.82) is 0 Å². The van der Waals surface area contributed by atoms with Crippen molar-refractivity contribution in [3.63, 3.8) is 0 Å². The van der Waals surface area contributed by atoms with Gasteiger partial charge in [-0.3, -0.25) is 0 Å². The molecule has 0 N–H and O–H groups in total. The van der Waals surface area contributed by atoms with E-state index in [1.165, 1.54) is 276 Å². The molecule has 5 heteroatoms. The molecule has 5 aromatic heterocycles. The van der Waals surface area contributed by atoms with Gasteiger partial charge in [0.05, 0.1) is 49.3 Å². The van der Waals surface area contributed by atoms with Gasteiger partial charge < -0.3 is 4.57 Å². The van der Waals surface area contributed by atoms with Crippen molar-refractivity contribution in [3.8, 4) is 56.2 Å². The highest BCUT2D eigenvalue weighted by Gasteiger charge is 2.43. The Morgan fingerprint density at radius 1 is 0.298 bits per heavy atom. The summed E-state index contributed by atoms with van der Waals surface area (Å²) in [6.45, 7) is 32.2. The molecule has 6 aliphatic rings. The molecule has 22 rings (SSSR count). The molecule has 0 unspecified atom stereocenters. The van der Waals surface area contributed by atoms with Crippen LogP contribution in [0.1, 0.15) is 185 Å². The quantitative estimate of drug-likeness (QED) is 0.157. The number of rotatable bonds is 4. The van der Waals surface area contributed by atoms with Gasteiger partial charge in [0.1, 0.15) is 28.2 Å². The maximum Gasteiger partial charge on any atom is 0.221 e. The predicted molar refractivity (Wildman–Crippen MR) is 479 cm³/mol. The van der Waals surface area contributed by atoms with Gasteiger partial charge in [0.25, 0.3) is 0 Å². The Kier molecular flexibility index (Phi) is 17.6. The van der Waals surface area contributed by atoms with E-state index in [9.17, 15) is 0 Å². The first-order valence-corrected chi connectivity index (χ1v) is 42.6. The number of aromatic nitrogens is 5. The van der Waals surface area contributed by atoms with Gasteiger partial charge in [-0.05, 0) is 300 Å². The number of hydrogen-bond acceptors (Lipinski definition) is 0. The van der Waals surface area contributed by atoms with Crippen LogP contribution in [-0.2, 0) is 90.4 Å². The van der Waals surface area contributed by atoms with Gasteiger partial charge in [0, 0.05) is 85.1 Å². The lowest BCUT2D eigenvalue weighted by Crippen LogP contribution is -2.39. The second-order valence-corrected chi connectivity index (χ2v) is 36.4. The Bertz CT molecular complexity index is 6840. The summed E-state index contributed by atoms with van der Waals surface area (Å²) in [5.41, 5.74) is 45.7. The van der Waals surface area contributed by atoms with Gasteiger partial charge in [-0.25, -0.2) is 0 Å². The fraction of sp³-hybridized carbons (Fsp3) is 0.303. The van der Waals surface area contributed by atoms with Crippen molar-refractivity contribution in [2.45, 2.75) is 191 Å². The zero-order valence-electron chi connectivity index (χ0n) is 70.8. The van der Waals surface area contributed by atoms with Crippen LogP contribution >= 0.6 is 0 Å². The third-order valence-electron chi connectivity index (χ3n) is 28.3. The van der Waals surface area contributed by atoms with Gasteiger partial charge in [0.15, 0.2) is 22.8 Å². The van der Waals surface area contributed by atoms with E-state index in [4.69, 9.17) is 0 Å². The molecule has 0 bridgehead atoms. The van der Waals surface area contributed by atoms with Gasteiger partial charge in [-0.1, -0.05) is 149 Å². The fourth-order valence-electron chi connectivity index (χ4n) is 22.0. The van der Waals surface area contributed by atoms with Gasteiger partial charge in [-0.2, -0.15) is 18.3 Å². The molecule has 0 saturated heterocycles. The fourth-order valence-corrected chi connectivity index (χ4v) is 22.0. The van der Waals surface area contributed by atoms with Crippen LogP contribution in [0.3, 0.4) is 0 Å². The lowest BCUT2D eigenvalue weighted by molar-refractivity contribution is -0.665. The molecule has 11 aromatic carbocycles. The maximum absolute atomic E-state index is 2.50. The van der Waals surface area contributed by atoms with Crippen LogP contribution in [0, 0.1) is 55.4 Å². The number of hydrogen-bond donors (Lipinski definition) is 0. The second kappa shape index (κ2) is 27.4. The van der Waals surface area contributed by atoms with Gasteiger partial charge in [0.2, 0.25) is 22.8 Å². The van der Waals surface area contributed by atoms with Crippen LogP contribution in [-0.4, -0.2) is 4.57 Å². The Labute approximate surface area is 675 Å². The van der Waals surface area contributed by atoms with Crippen molar-refractivity contribution >= 4 is 75.7 Å². The van der Waals surface area contributed by atoms with Crippen molar-refractivity contribution < 1.29 is 18.3 Å². The van der Waals surface area contributed by atoms with Crippen LogP contribution in [0.2, 0.25) is 0 Å². The second-order valence-electron chi connectivity index (χ2n) is 36.4. The SMILES string of the molecule is Cc1cc2c(cc1-c1c3cc4c(cc3cc(C)[n+]1C)CCC4)C(C)(C)c1ccccc1-2.Cc1cc2c3ccccc3n(C(C)C)c2cc1-c1c2cc3c(cc2cc(C)[n+]1C)CCC3.Cc1cc2ccccc2cc1-c1c2cc3c(cc2cc(C)[n+]1C)CCC3.Cc1cccc2c1-c1c3c(c4c(cc3cc(C)[n+]1C)CCC4)C2(C)C. The lowest BCUT2D eigenvalue weighted by Gasteiger charge is -2.36. The van der Waals surface area contributed by atoms with Crippen LogP contribution < -0.4 is 18.3 Å². The Balaban J connectivity index is 0.000000102. The molecule has 5 nitrogen and oxygen atoms in total. The van der Waals surface area contributed by atoms with Crippen molar-refractivity contribution in [3.05, 3.63) is 306 Å². The van der Waals surface area contributed by atoms with E-state index in [1.807, 2.05) is 0 Å². The summed E-state index contributed by atoms with van der Waals surface area (Å²) in [6, 6.07) is 74.9. The zero-order valence-corrected chi connectivity index (χ0v) is 70.8. The minimum absolute atomic E-state index is 0.0217. The monoisotopic (exact) mass is 1490 g/mol. The first kappa shape index (κ1) is 73.3. The minimum atomic E-state index is 0.0217. The van der Waals surface area contributed by atoms with Crippen LogP contribution in [0.15, 0.2) is 194 Å². The van der Waals surface area contributed by atoms with Crippen molar-refractivity contribution in [2.75, 3.05) is 0 Å². The molecule has 5 heterocycles. The Morgan fingerprint density at radius 3 is 1.31 bits per heavy atom. The average Bonchev–Trinajstić information content (AvgIpc) is 0.860. The van der Waals surface area contributed by atoms with Crippen LogP contribution in [0.5, 0.6) is 0 Å². The molecule has 114 heavy (non-hydrogen) atoms. The molecular weight excluding hydrogens is 1380 g/mol. The summed E-state index contributed by atoms with van der Waals surface area (Å²) in [5, 5.41) is 16.6. The lowest BCUT2D eigenvalue weighted by atomic mass is 9.66. The summed E-state index contributed by atoms with van der Waals surface area (Å²) in [7, 11) is 8.88. The number of para-hydroxylation sites is 1. The standard InChI is InChI=1S/C30H31N2.C30H30N.C25H24N.C24H26N/c1-18(2)32-28-12-7-6-11-24(28)27-13-19(3)25(17-29(27)32)30-26-16-22-10-8-9-21(22)15-23(26)14-20(4)31(30)5;1-18-13-26-23-11-6-7-12-27(23)30(3,4)28(26)17-24(18)29-25-16-21-10-8-9-20(21)15-22(25)14-19(2)31(29)5;1-16-11-18-7-4-5-8-20(18)14-23(16)25-24-15-21-10-6-9-19(21)13-22(24)12-17(2)26(25)3;1-14-8-6-11-19-20(14)23-21-17(12-15(2)25(23)5)13-16-9-7-10-18(16)22(21)24(19,3)4/h6-7,11-18H,8-10H2,1-5H3;6-7,11-17H,8-10H2,1-5H3;4-5,7-8,11-15H,6,9-10H2,1-3H3;6,8,11-13H,7,9-10H2,1-5H3/q4*+1. The summed E-state index contributed by atoms with van der Waals surface area (Å²) >= 11 is 0. The largest absolute Gasteiger partial charge is 0.338 e. The van der Waals surface area contributed by atoms with Crippen LogP contribution in [0.4, 0.5) is 0 Å². The molecule has 568 valence electrons. The molecule has 0 spiro atoms. The molecule has 0 aliphatic heterocycles. The Morgan fingerprint density at radius 2 is 0.737 bits per heavy atom. The van der Waals surface area contributed by atoms with Crippen LogP contribution in [0.25, 0.3) is 132 Å². The van der Waals surface area contributed by atoms with E-state index in [0.29, 0.717) is 6.04 Å². The smallest absolute Gasteiger partial charge is 0.221 e. The maximum atomic E-state index is 2.50. The highest BCUT2D eigenvalue weighted by molar-refractivity contribution is 6.11. The third kappa shape index (κ3) is 11.6. The molecule has 16 aromatic rings. The summed E-state index contributed by atoms with van der Waals surface area (Å²) in [4.78, 5) is 0. The molecule has 0 amide bonds. The van der Waals surface area contributed by atoms with Gasteiger partial charge in [-0.15, -0.1) is 0 Å². The predicted octanol–water partition coefficient (Wildman–Crippen LogP) is 24.5. The topological polar surface area (TPSA) is 20.4 Å². The van der Waals surface area contributed by atoms with Gasteiger partial charge >= 0.3 is 0 Å². The number of pyridine rings is 4. The molecule has 0 atom stereocenters. The first-order valence-electron chi connectivity index (χ1n) is 42.6. The number of fused-ring (bicyclic) bond motifs is 17. The summed E-state index contributed by atoms with van der Waals surface area (Å²) < 4.78 is 12.1. The summed E-state index contributed by atoms with van der Waals surface area (Å²) in [6.07, 6.45) is 15.0. The van der Waals surface area contributed by atoms with E-state index in [-0.39, 0.29) is 10.8 Å². The first-order chi connectivity index (χ1) is 54.8. The molecule has 0 fully saturated rings. The molecule has 0 radical (unpaired) electrons. The minimum Gasteiger partial charge on any atom is -0.338 e. The molecule has 0 saturated carbocycles. The summed E-state index contributed by atoms with van der Waals surface area (Å²) in [5.74, 6) is 0. The van der Waals surface area contributed by atoms with E-state index >= 15 is 0 Å². The molecule has 6 aliphatic carbocycles. The van der Waals surface area contributed by atoms with E-state index in [0.717, 1.165) is 0 Å². The average molecular weight is 1490 g/mol. The van der Waals surface area contributed by atoms with E-state index in [2.05, 4.69) is 342 Å².